The van der Waals surface area contributed by atoms with Crippen molar-refractivity contribution < 1.29 is 13.2 Å². The minimum Gasteiger partial charge on any atom is -0.442 e. The highest BCUT2D eigenvalue weighted by Gasteiger charge is 2.14. The fourth-order valence-electron chi connectivity index (χ4n) is 1.59. The summed E-state index contributed by atoms with van der Waals surface area (Å²) in [6, 6.07) is 1.78. The second-order valence-electron chi connectivity index (χ2n) is 3.64. The Labute approximate surface area is 127 Å². The van der Waals surface area contributed by atoms with Gasteiger partial charge >= 0.3 is 0 Å². The van der Waals surface area contributed by atoms with Crippen LogP contribution in [-0.4, -0.2) is 0 Å². The van der Waals surface area contributed by atoms with Crippen LogP contribution < -0.4 is 0 Å². The first-order chi connectivity index (χ1) is 8.90. The lowest BCUT2D eigenvalue weighted by molar-refractivity contribution is 0.527. The van der Waals surface area contributed by atoms with E-state index < -0.39 is 11.6 Å². The van der Waals surface area contributed by atoms with Crippen molar-refractivity contribution in [1.29, 1.82) is 0 Å². The Bertz CT molecular complexity index is 736. The summed E-state index contributed by atoms with van der Waals surface area (Å²) in [4.78, 5) is 0. The van der Waals surface area contributed by atoms with Gasteiger partial charge in [-0.25, -0.2) is 8.78 Å². The van der Waals surface area contributed by atoms with Crippen LogP contribution in [0.25, 0.3) is 11.0 Å². The monoisotopic (exact) mass is 340 g/mol. The molecule has 2 rings (SSSR count). The minimum absolute atomic E-state index is 0.00819. The smallest absolute Gasteiger partial charge is 0.195 e. The van der Waals surface area contributed by atoms with Gasteiger partial charge in [-0.1, -0.05) is 34.8 Å². The standard InChI is InChI=1S/C12H5Cl3F2OS/c13-9(14)2-1-6-10(15)7-3-5(16)4-8(17)11(7)18-12(6)19/h2-4H,1H2. The van der Waals surface area contributed by atoms with Crippen molar-refractivity contribution in [1.82, 2.24) is 0 Å². The molecule has 1 aromatic heterocycles. The summed E-state index contributed by atoms with van der Waals surface area (Å²) in [5, 5.41) is 0.234. The Morgan fingerprint density at radius 3 is 2.63 bits per heavy atom. The maximum absolute atomic E-state index is 13.6. The van der Waals surface area contributed by atoms with Crippen LogP contribution in [0.3, 0.4) is 0 Å². The van der Waals surface area contributed by atoms with Crippen LogP contribution in [0.15, 0.2) is 27.1 Å². The molecule has 0 saturated carbocycles. The van der Waals surface area contributed by atoms with E-state index in [-0.39, 0.29) is 31.6 Å². The lowest BCUT2D eigenvalue weighted by atomic mass is 10.1. The molecule has 0 atom stereocenters. The Morgan fingerprint density at radius 2 is 2.00 bits per heavy atom. The number of halogens is 5. The van der Waals surface area contributed by atoms with Crippen LogP contribution in [-0.2, 0) is 6.42 Å². The number of hydrogen-bond donors (Lipinski definition) is 0. The average molecular weight is 342 g/mol. The molecule has 1 aromatic carbocycles. The number of rotatable bonds is 2. The highest BCUT2D eigenvalue weighted by molar-refractivity contribution is 7.71. The van der Waals surface area contributed by atoms with Gasteiger partial charge in [0.15, 0.2) is 16.1 Å². The van der Waals surface area contributed by atoms with E-state index in [0.717, 1.165) is 6.07 Å². The molecule has 0 amide bonds. The van der Waals surface area contributed by atoms with Crippen LogP contribution in [0.5, 0.6) is 0 Å². The van der Waals surface area contributed by atoms with Gasteiger partial charge < -0.3 is 4.42 Å². The first kappa shape index (κ1) is 14.7. The van der Waals surface area contributed by atoms with E-state index in [1.807, 2.05) is 0 Å². The fourth-order valence-corrected chi connectivity index (χ4v) is 2.37. The number of fused-ring (bicyclic) bond motifs is 1. The highest BCUT2D eigenvalue weighted by atomic mass is 35.5. The summed E-state index contributed by atoms with van der Waals surface area (Å²) in [7, 11) is 0. The average Bonchev–Trinajstić information content (AvgIpc) is 2.30. The summed E-state index contributed by atoms with van der Waals surface area (Å²) in [6.45, 7) is 0. The third-order valence-electron chi connectivity index (χ3n) is 2.41. The lowest BCUT2D eigenvalue weighted by Gasteiger charge is -2.06. The maximum atomic E-state index is 13.6. The van der Waals surface area contributed by atoms with Gasteiger partial charge in [0.25, 0.3) is 0 Å². The molecule has 0 N–H and O–H groups in total. The Morgan fingerprint density at radius 1 is 1.32 bits per heavy atom. The molecule has 1 heterocycles. The van der Waals surface area contributed by atoms with Gasteiger partial charge in [-0.3, -0.25) is 0 Å². The van der Waals surface area contributed by atoms with Crippen molar-refractivity contribution in [2.75, 3.05) is 0 Å². The number of allylic oxidation sites excluding steroid dienone is 1. The zero-order chi connectivity index (χ0) is 14.2. The first-order valence-corrected chi connectivity index (χ1v) is 6.55. The fraction of sp³-hybridized carbons (Fsp3) is 0.0833. The zero-order valence-corrected chi connectivity index (χ0v) is 12.2. The molecule has 0 unspecified atom stereocenters. The van der Waals surface area contributed by atoms with E-state index in [1.165, 1.54) is 6.08 Å². The predicted molar refractivity (Wildman–Crippen MR) is 75.5 cm³/mol. The van der Waals surface area contributed by atoms with Crippen molar-refractivity contribution >= 4 is 58.0 Å². The Hall–Kier alpha value is -0.680. The largest absolute Gasteiger partial charge is 0.442 e. The van der Waals surface area contributed by atoms with Crippen molar-refractivity contribution in [3.8, 4) is 0 Å². The molecule has 0 spiro atoms. The van der Waals surface area contributed by atoms with Gasteiger partial charge in [-0.05, 0) is 30.8 Å². The molecule has 0 saturated heterocycles. The third-order valence-corrected chi connectivity index (χ3v) is 3.48. The summed E-state index contributed by atoms with van der Waals surface area (Å²) >= 11 is 22.1. The zero-order valence-electron chi connectivity index (χ0n) is 9.15. The topological polar surface area (TPSA) is 13.1 Å². The van der Waals surface area contributed by atoms with Crippen LogP contribution in [0.1, 0.15) is 5.56 Å². The maximum Gasteiger partial charge on any atom is 0.195 e. The van der Waals surface area contributed by atoms with E-state index >= 15 is 0 Å². The summed E-state index contributed by atoms with van der Waals surface area (Å²) < 4.78 is 32.0. The molecule has 2 aromatic rings. The normalized spacial score (nSPS) is 10.8. The SMILES string of the molecule is Fc1cc(F)c2oc(=S)c(CC=C(Cl)Cl)c(Cl)c2c1. The molecule has 7 heteroatoms. The Balaban J connectivity index is 2.74. The summed E-state index contributed by atoms with van der Waals surface area (Å²) in [6.07, 6.45) is 1.66. The molecule has 0 aliphatic heterocycles. The van der Waals surface area contributed by atoms with Crippen molar-refractivity contribution in [2.45, 2.75) is 6.42 Å². The van der Waals surface area contributed by atoms with E-state index in [9.17, 15) is 8.78 Å². The molecular formula is C12H5Cl3F2OS. The molecule has 0 radical (unpaired) electrons. The van der Waals surface area contributed by atoms with Crippen molar-refractivity contribution in [2.24, 2.45) is 0 Å². The third kappa shape index (κ3) is 3.08. The molecule has 19 heavy (non-hydrogen) atoms. The second-order valence-corrected chi connectivity index (χ2v) is 5.40. The van der Waals surface area contributed by atoms with Gasteiger partial charge in [0, 0.05) is 17.0 Å². The molecule has 100 valence electrons. The summed E-state index contributed by atoms with van der Waals surface area (Å²) in [5.74, 6) is -1.61. The molecule has 0 fully saturated rings. The van der Waals surface area contributed by atoms with Crippen LogP contribution >= 0.6 is 47.0 Å². The molecule has 0 bridgehead atoms. The van der Waals surface area contributed by atoms with Gasteiger partial charge in [0.05, 0.1) is 5.02 Å². The molecule has 0 aliphatic rings. The highest BCUT2D eigenvalue weighted by Crippen LogP contribution is 2.31. The van der Waals surface area contributed by atoms with Crippen molar-refractivity contribution in [3.63, 3.8) is 0 Å². The quantitative estimate of drug-likeness (QED) is 0.626. The minimum atomic E-state index is -0.861. The second kappa shape index (κ2) is 5.75. The lowest BCUT2D eigenvalue weighted by Crippen LogP contribution is -1.91. The predicted octanol–water partition coefficient (Wildman–Crippen LogP) is 5.96. The van der Waals surface area contributed by atoms with Crippen LogP contribution in [0.2, 0.25) is 5.02 Å². The van der Waals surface area contributed by atoms with Gasteiger partial charge in [-0.2, -0.15) is 0 Å². The van der Waals surface area contributed by atoms with E-state index in [0.29, 0.717) is 11.6 Å². The number of hydrogen-bond acceptors (Lipinski definition) is 2. The Kier molecular flexibility index (Phi) is 4.46. The van der Waals surface area contributed by atoms with Gasteiger partial charge in [0.1, 0.15) is 10.3 Å². The van der Waals surface area contributed by atoms with E-state index in [1.54, 1.807) is 0 Å². The molecule has 0 aliphatic carbocycles. The van der Waals surface area contributed by atoms with Gasteiger partial charge in [0.2, 0.25) is 0 Å². The van der Waals surface area contributed by atoms with E-state index in [2.05, 4.69) is 0 Å². The van der Waals surface area contributed by atoms with E-state index in [4.69, 9.17) is 51.4 Å². The molecular weight excluding hydrogens is 337 g/mol. The van der Waals surface area contributed by atoms with Gasteiger partial charge in [-0.15, -0.1) is 0 Å². The van der Waals surface area contributed by atoms with Crippen molar-refractivity contribution in [3.05, 3.63) is 49.6 Å². The summed E-state index contributed by atoms with van der Waals surface area (Å²) in [5.41, 5.74) is 0.217. The first-order valence-electron chi connectivity index (χ1n) is 5.01. The van der Waals surface area contributed by atoms with Crippen LogP contribution in [0, 0.1) is 16.3 Å². The molecule has 1 nitrogen and oxygen atoms in total. The van der Waals surface area contributed by atoms with Crippen LogP contribution in [0.4, 0.5) is 8.78 Å². The number of benzene rings is 1.